The molecule has 11 heavy (non-hydrogen) atoms. The molecule has 0 aromatic carbocycles. The summed E-state index contributed by atoms with van der Waals surface area (Å²) < 4.78 is 0. The fourth-order valence-corrected chi connectivity index (χ4v) is 2.41. The van der Waals surface area contributed by atoms with Gasteiger partial charge in [0.15, 0.2) is 0 Å². The summed E-state index contributed by atoms with van der Waals surface area (Å²) in [7, 11) is 0. The van der Waals surface area contributed by atoms with Crippen molar-refractivity contribution in [3.05, 3.63) is 0 Å². The Balaban J connectivity index is 1.94. The molecule has 2 saturated carbocycles. The third-order valence-corrected chi connectivity index (χ3v) is 3.21. The lowest BCUT2D eigenvalue weighted by Gasteiger charge is -2.18. The minimum absolute atomic E-state index is 0.448. The summed E-state index contributed by atoms with van der Waals surface area (Å²) in [6.07, 6.45) is 6.06. The summed E-state index contributed by atoms with van der Waals surface area (Å²) in [4.78, 5) is 11.6. The van der Waals surface area contributed by atoms with E-state index in [1.165, 1.54) is 25.7 Å². The van der Waals surface area contributed by atoms with Crippen LogP contribution in [0.2, 0.25) is 0 Å². The third kappa shape index (κ3) is 1.21. The topological polar surface area (TPSA) is 17.1 Å². The second kappa shape index (κ2) is 2.62. The molecule has 2 aliphatic rings. The lowest BCUT2D eigenvalue weighted by molar-refractivity contribution is -0.126. The van der Waals surface area contributed by atoms with Gasteiger partial charge >= 0.3 is 0 Å². The average Bonchev–Trinajstić information content (AvgIpc) is 2.75. The van der Waals surface area contributed by atoms with Crippen LogP contribution in [0.25, 0.3) is 0 Å². The van der Waals surface area contributed by atoms with Gasteiger partial charge in [-0.15, -0.1) is 0 Å². The zero-order valence-electron chi connectivity index (χ0n) is 7.18. The molecule has 0 unspecified atom stereocenters. The Hall–Kier alpha value is -0.330. The monoisotopic (exact) mass is 152 g/mol. The highest BCUT2D eigenvalue weighted by atomic mass is 16.1. The molecule has 0 aliphatic heterocycles. The molecule has 0 bridgehead atoms. The summed E-state index contributed by atoms with van der Waals surface area (Å²) in [5.41, 5.74) is 0. The van der Waals surface area contributed by atoms with Crippen molar-refractivity contribution in [3.63, 3.8) is 0 Å². The molecule has 1 nitrogen and oxygen atoms in total. The first-order valence-corrected chi connectivity index (χ1v) is 4.86. The van der Waals surface area contributed by atoms with Crippen molar-refractivity contribution in [3.8, 4) is 0 Å². The molecule has 0 spiro atoms. The minimum Gasteiger partial charge on any atom is -0.299 e. The van der Waals surface area contributed by atoms with Gasteiger partial charge in [-0.2, -0.15) is 0 Å². The molecular formula is C10H16O. The lowest BCUT2D eigenvalue weighted by atomic mass is 9.85. The fourth-order valence-electron chi connectivity index (χ4n) is 2.41. The zero-order chi connectivity index (χ0) is 7.84. The maximum Gasteiger partial charge on any atom is 0.139 e. The van der Waals surface area contributed by atoms with Gasteiger partial charge in [0.25, 0.3) is 0 Å². The van der Waals surface area contributed by atoms with Crippen LogP contribution >= 0.6 is 0 Å². The summed E-state index contributed by atoms with van der Waals surface area (Å²) >= 11 is 0. The SMILES string of the molecule is CCC[C@@H]1CC[C@H]2C[C@@H]2C1=O. The minimum atomic E-state index is 0.448. The Morgan fingerprint density at radius 3 is 3.00 bits per heavy atom. The van der Waals surface area contributed by atoms with Crippen LogP contribution in [-0.4, -0.2) is 5.78 Å². The number of rotatable bonds is 2. The number of hydrogen-bond donors (Lipinski definition) is 0. The number of ketones is 1. The van der Waals surface area contributed by atoms with Crippen LogP contribution < -0.4 is 0 Å². The van der Waals surface area contributed by atoms with E-state index in [1.54, 1.807) is 0 Å². The third-order valence-electron chi connectivity index (χ3n) is 3.21. The molecule has 2 fully saturated rings. The highest BCUT2D eigenvalue weighted by Crippen LogP contribution is 2.49. The first kappa shape index (κ1) is 7.33. The van der Waals surface area contributed by atoms with E-state index in [9.17, 15) is 4.79 Å². The van der Waals surface area contributed by atoms with Crippen LogP contribution in [0.5, 0.6) is 0 Å². The van der Waals surface area contributed by atoms with Gasteiger partial charge in [0.2, 0.25) is 0 Å². The van der Waals surface area contributed by atoms with E-state index in [1.807, 2.05) is 0 Å². The van der Waals surface area contributed by atoms with E-state index < -0.39 is 0 Å². The highest BCUT2D eigenvalue weighted by Gasteiger charge is 2.48. The normalized spacial score (nSPS) is 41.9. The van der Waals surface area contributed by atoms with E-state index in [2.05, 4.69) is 6.92 Å². The molecule has 0 heterocycles. The Labute approximate surface area is 68.2 Å². The maximum atomic E-state index is 11.6. The largest absolute Gasteiger partial charge is 0.299 e. The molecule has 0 radical (unpaired) electrons. The van der Waals surface area contributed by atoms with Gasteiger partial charge < -0.3 is 0 Å². The molecule has 0 saturated heterocycles. The van der Waals surface area contributed by atoms with Crippen LogP contribution in [0.4, 0.5) is 0 Å². The summed E-state index contributed by atoms with van der Waals surface area (Å²) in [6, 6.07) is 0. The first-order valence-electron chi connectivity index (χ1n) is 4.86. The number of Topliss-reactive ketones (excluding diaryl/α,β-unsaturated/α-hetero) is 1. The van der Waals surface area contributed by atoms with Gasteiger partial charge in [-0.05, 0) is 31.6 Å². The van der Waals surface area contributed by atoms with E-state index in [-0.39, 0.29) is 0 Å². The second-order valence-electron chi connectivity index (χ2n) is 4.07. The maximum absolute atomic E-state index is 11.6. The molecule has 0 N–H and O–H groups in total. The van der Waals surface area contributed by atoms with Crippen molar-refractivity contribution in [2.45, 2.75) is 39.0 Å². The van der Waals surface area contributed by atoms with E-state index in [4.69, 9.17) is 0 Å². The van der Waals surface area contributed by atoms with Crippen LogP contribution in [-0.2, 0) is 4.79 Å². The number of hydrogen-bond acceptors (Lipinski definition) is 1. The van der Waals surface area contributed by atoms with Crippen molar-refractivity contribution in [2.24, 2.45) is 17.8 Å². The van der Waals surface area contributed by atoms with Crippen LogP contribution in [0.1, 0.15) is 39.0 Å². The predicted octanol–water partition coefficient (Wildman–Crippen LogP) is 2.40. The van der Waals surface area contributed by atoms with Crippen LogP contribution in [0.3, 0.4) is 0 Å². The number of fused-ring (bicyclic) bond motifs is 1. The van der Waals surface area contributed by atoms with Crippen molar-refractivity contribution >= 4 is 5.78 Å². The summed E-state index contributed by atoms with van der Waals surface area (Å²) in [5, 5.41) is 0. The fraction of sp³-hybridized carbons (Fsp3) is 0.900. The van der Waals surface area contributed by atoms with Gasteiger partial charge in [-0.3, -0.25) is 4.79 Å². The van der Waals surface area contributed by atoms with Gasteiger partial charge in [0, 0.05) is 11.8 Å². The molecule has 1 heteroatoms. The second-order valence-corrected chi connectivity index (χ2v) is 4.07. The lowest BCUT2D eigenvalue weighted by Crippen LogP contribution is -2.21. The Morgan fingerprint density at radius 2 is 2.27 bits per heavy atom. The number of carbonyl (C=O) groups excluding carboxylic acids is 1. The quantitative estimate of drug-likeness (QED) is 0.593. The number of carbonyl (C=O) groups is 1. The van der Waals surface area contributed by atoms with Crippen molar-refractivity contribution < 1.29 is 4.79 Å². The molecule has 62 valence electrons. The molecule has 3 atom stereocenters. The Kier molecular flexibility index (Phi) is 1.74. The van der Waals surface area contributed by atoms with Crippen LogP contribution in [0.15, 0.2) is 0 Å². The van der Waals surface area contributed by atoms with E-state index >= 15 is 0 Å². The molecule has 0 aromatic rings. The summed E-state index contributed by atoms with van der Waals surface area (Å²) in [5.74, 6) is 2.38. The van der Waals surface area contributed by atoms with E-state index in [0.29, 0.717) is 17.6 Å². The van der Waals surface area contributed by atoms with Crippen molar-refractivity contribution in [2.75, 3.05) is 0 Å². The van der Waals surface area contributed by atoms with Crippen LogP contribution in [0, 0.1) is 17.8 Å². The van der Waals surface area contributed by atoms with Gasteiger partial charge in [0.1, 0.15) is 5.78 Å². The molecule has 0 amide bonds. The standard InChI is InChI=1S/C10H16O/c1-2-3-7-4-5-8-6-9(8)10(7)11/h7-9H,2-6H2,1H3/t7-,8+,9+/m1/s1. The van der Waals surface area contributed by atoms with Crippen molar-refractivity contribution in [1.29, 1.82) is 0 Å². The summed E-state index contributed by atoms with van der Waals surface area (Å²) in [6.45, 7) is 2.17. The molecular weight excluding hydrogens is 136 g/mol. The molecule has 0 aromatic heterocycles. The Bertz CT molecular complexity index is 174. The first-order chi connectivity index (χ1) is 5.33. The molecule has 2 rings (SSSR count). The van der Waals surface area contributed by atoms with E-state index in [0.717, 1.165) is 12.3 Å². The molecule has 2 aliphatic carbocycles. The van der Waals surface area contributed by atoms with Gasteiger partial charge in [-0.1, -0.05) is 13.3 Å². The van der Waals surface area contributed by atoms with Gasteiger partial charge in [0.05, 0.1) is 0 Å². The van der Waals surface area contributed by atoms with Gasteiger partial charge in [-0.25, -0.2) is 0 Å². The predicted molar refractivity (Wildman–Crippen MR) is 44.2 cm³/mol. The highest BCUT2D eigenvalue weighted by molar-refractivity contribution is 5.86. The zero-order valence-corrected chi connectivity index (χ0v) is 7.18. The smallest absolute Gasteiger partial charge is 0.139 e. The van der Waals surface area contributed by atoms with Crippen molar-refractivity contribution in [1.82, 2.24) is 0 Å². The Morgan fingerprint density at radius 1 is 1.45 bits per heavy atom. The average molecular weight is 152 g/mol.